The molecule has 0 fully saturated rings. The number of benzene rings is 1. The van der Waals surface area contributed by atoms with Crippen LogP contribution in [0.25, 0.3) is 0 Å². The number of anilines is 2. The Balaban J connectivity index is 2.39. The molecule has 0 saturated heterocycles. The summed E-state index contributed by atoms with van der Waals surface area (Å²) in [5, 5.41) is 5.32. The summed E-state index contributed by atoms with van der Waals surface area (Å²) < 4.78 is 5.27. The second kappa shape index (κ2) is 9.79. The van der Waals surface area contributed by atoms with Gasteiger partial charge in [0.25, 0.3) is 5.91 Å². The lowest BCUT2D eigenvalue weighted by molar-refractivity contribution is -0.114. The number of pyridine rings is 1. The number of hydrogen-bond acceptors (Lipinski definition) is 7. The van der Waals surface area contributed by atoms with Gasteiger partial charge in [0.2, 0.25) is 5.91 Å². The Kier molecular flexibility index (Phi) is 7.19. The number of carbonyl (C=O) groups is 2. The van der Waals surface area contributed by atoms with Crippen molar-refractivity contribution in [3.63, 3.8) is 0 Å². The van der Waals surface area contributed by atoms with Gasteiger partial charge in [-0.2, -0.15) is 0 Å². The highest BCUT2D eigenvalue weighted by molar-refractivity contribution is 6.09. The van der Waals surface area contributed by atoms with E-state index in [-0.39, 0.29) is 17.4 Å². The zero-order valence-corrected chi connectivity index (χ0v) is 16.4. The van der Waals surface area contributed by atoms with Crippen molar-refractivity contribution in [3.05, 3.63) is 59.8 Å². The Morgan fingerprint density at radius 3 is 2.55 bits per heavy atom. The zero-order valence-electron chi connectivity index (χ0n) is 16.4. The SMILES string of the molecule is C=N/C(N)=C(\N=C(/C)c1cccnc1)C(=O)Nc1cc(NC(C)=O)ccc1OC. The first-order valence-electron chi connectivity index (χ1n) is 8.54. The highest BCUT2D eigenvalue weighted by Gasteiger charge is 2.17. The van der Waals surface area contributed by atoms with E-state index in [1.165, 1.54) is 14.0 Å². The standard InChI is InChI=1S/C20H22N6O3/c1-12(14-6-5-9-23-11-14)24-18(19(21)22-3)20(28)26-16-10-15(25-13(2)27)7-8-17(16)29-4/h5-11H,3,21H2,1-2,4H3,(H,25,27)(H,26,28)/b19-18-,24-12+. The lowest BCUT2D eigenvalue weighted by atomic mass is 10.2. The number of nitrogens with zero attached hydrogens (tertiary/aromatic N) is 3. The molecule has 9 heteroatoms. The third-order valence-corrected chi connectivity index (χ3v) is 3.75. The van der Waals surface area contributed by atoms with Crippen molar-refractivity contribution in [1.82, 2.24) is 4.98 Å². The molecule has 2 amide bonds. The topological polar surface area (TPSA) is 131 Å². The highest BCUT2D eigenvalue weighted by Crippen LogP contribution is 2.28. The average Bonchev–Trinajstić information content (AvgIpc) is 2.71. The molecule has 0 radical (unpaired) electrons. The van der Waals surface area contributed by atoms with Crippen LogP contribution in [0.5, 0.6) is 5.75 Å². The van der Waals surface area contributed by atoms with Gasteiger partial charge in [0, 0.05) is 36.3 Å². The lowest BCUT2D eigenvalue weighted by Gasteiger charge is -2.13. The molecule has 0 atom stereocenters. The van der Waals surface area contributed by atoms with E-state index in [4.69, 9.17) is 10.5 Å². The fourth-order valence-corrected chi connectivity index (χ4v) is 2.38. The van der Waals surface area contributed by atoms with Gasteiger partial charge < -0.3 is 21.1 Å². The molecule has 0 spiro atoms. The van der Waals surface area contributed by atoms with Gasteiger partial charge in [-0.1, -0.05) is 6.07 Å². The molecule has 150 valence electrons. The predicted octanol–water partition coefficient (Wildman–Crippen LogP) is 2.32. The van der Waals surface area contributed by atoms with Gasteiger partial charge in [-0.3, -0.25) is 14.6 Å². The van der Waals surface area contributed by atoms with Crippen molar-refractivity contribution in [1.29, 1.82) is 0 Å². The molecule has 2 rings (SSSR count). The van der Waals surface area contributed by atoms with E-state index in [1.54, 1.807) is 49.6 Å². The summed E-state index contributed by atoms with van der Waals surface area (Å²) in [6.45, 7) is 6.47. The molecule has 1 aromatic carbocycles. The molecule has 2 aromatic rings. The summed E-state index contributed by atoms with van der Waals surface area (Å²) in [6, 6.07) is 8.38. The Hall–Kier alpha value is -4.01. The minimum Gasteiger partial charge on any atom is -0.495 e. The summed E-state index contributed by atoms with van der Waals surface area (Å²) >= 11 is 0. The van der Waals surface area contributed by atoms with Gasteiger partial charge in [0.15, 0.2) is 11.5 Å². The molecule has 29 heavy (non-hydrogen) atoms. The quantitative estimate of drug-likeness (QED) is 0.490. The van der Waals surface area contributed by atoms with E-state index in [2.05, 4.69) is 32.3 Å². The zero-order chi connectivity index (χ0) is 21.4. The minimum absolute atomic E-state index is 0.117. The number of hydrogen-bond donors (Lipinski definition) is 3. The van der Waals surface area contributed by atoms with Crippen molar-refractivity contribution >= 4 is 35.6 Å². The molecule has 0 bridgehead atoms. The first-order valence-corrected chi connectivity index (χ1v) is 8.54. The number of ether oxygens (including phenoxy) is 1. The van der Waals surface area contributed by atoms with E-state index in [0.717, 1.165) is 5.56 Å². The predicted molar refractivity (Wildman–Crippen MR) is 113 cm³/mol. The van der Waals surface area contributed by atoms with Crippen molar-refractivity contribution < 1.29 is 14.3 Å². The number of amides is 2. The molecule has 0 aliphatic carbocycles. The maximum atomic E-state index is 12.9. The van der Waals surface area contributed by atoms with Gasteiger partial charge >= 0.3 is 0 Å². The molecule has 4 N–H and O–H groups in total. The van der Waals surface area contributed by atoms with Crippen LogP contribution in [0, 0.1) is 0 Å². The van der Waals surface area contributed by atoms with E-state index in [1.807, 2.05) is 0 Å². The number of rotatable bonds is 7. The Bertz CT molecular complexity index is 983. The lowest BCUT2D eigenvalue weighted by Crippen LogP contribution is -2.19. The Morgan fingerprint density at radius 1 is 1.21 bits per heavy atom. The number of aromatic nitrogens is 1. The molecular weight excluding hydrogens is 372 g/mol. The molecular formula is C20H22N6O3. The fourth-order valence-electron chi connectivity index (χ4n) is 2.38. The normalized spacial score (nSPS) is 11.9. The van der Waals surface area contributed by atoms with Crippen LogP contribution in [0.4, 0.5) is 11.4 Å². The van der Waals surface area contributed by atoms with Crippen LogP contribution >= 0.6 is 0 Å². The molecule has 0 saturated carbocycles. The van der Waals surface area contributed by atoms with Crippen LogP contribution in [0.3, 0.4) is 0 Å². The number of carbonyl (C=O) groups excluding carboxylic acids is 2. The van der Waals surface area contributed by atoms with Gasteiger partial charge in [0.05, 0.1) is 12.8 Å². The summed E-state index contributed by atoms with van der Waals surface area (Å²) in [6.07, 6.45) is 3.25. The van der Waals surface area contributed by atoms with E-state index in [0.29, 0.717) is 22.8 Å². The first-order chi connectivity index (χ1) is 13.8. The maximum absolute atomic E-state index is 12.9. The Labute approximate surface area is 168 Å². The van der Waals surface area contributed by atoms with Crippen molar-refractivity contribution in [2.24, 2.45) is 15.7 Å². The van der Waals surface area contributed by atoms with Gasteiger partial charge in [-0.05, 0) is 37.9 Å². The number of nitrogens with one attached hydrogen (secondary N) is 2. The fraction of sp³-hybridized carbons (Fsp3) is 0.150. The van der Waals surface area contributed by atoms with Crippen LogP contribution in [0.15, 0.2) is 64.2 Å². The van der Waals surface area contributed by atoms with Crippen molar-refractivity contribution in [3.8, 4) is 5.75 Å². The van der Waals surface area contributed by atoms with Crippen LogP contribution in [0.2, 0.25) is 0 Å². The summed E-state index contributed by atoms with van der Waals surface area (Å²) in [7, 11) is 1.46. The molecule has 0 unspecified atom stereocenters. The van der Waals surface area contributed by atoms with Gasteiger partial charge in [-0.15, -0.1) is 0 Å². The summed E-state index contributed by atoms with van der Waals surface area (Å²) in [5.74, 6) is -0.603. The molecule has 0 aliphatic heterocycles. The van der Waals surface area contributed by atoms with Gasteiger partial charge in [0.1, 0.15) is 5.75 Å². The van der Waals surface area contributed by atoms with E-state index in [9.17, 15) is 9.59 Å². The molecule has 9 nitrogen and oxygen atoms in total. The van der Waals surface area contributed by atoms with E-state index >= 15 is 0 Å². The van der Waals surface area contributed by atoms with Gasteiger partial charge in [-0.25, -0.2) is 9.98 Å². The Morgan fingerprint density at radius 2 is 1.97 bits per heavy atom. The van der Waals surface area contributed by atoms with Crippen LogP contribution in [-0.4, -0.2) is 36.3 Å². The largest absolute Gasteiger partial charge is 0.495 e. The monoisotopic (exact) mass is 394 g/mol. The van der Waals surface area contributed by atoms with Crippen molar-refractivity contribution in [2.45, 2.75) is 13.8 Å². The van der Waals surface area contributed by atoms with E-state index < -0.39 is 5.91 Å². The number of aliphatic imine (C=N–C) groups is 2. The average molecular weight is 394 g/mol. The second-order valence-corrected chi connectivity index (χ2v) is 5.88. The third kappa shape index (κ3) is 5.73. The van der Waals surface area contributed by atoms with Crippen molar-refractivity contribution in [2.75, 3.05) is 17.7 Å². The highest BCUT2D eigenvalue weighted by atomic mass is 16.5. The summed E-state index contributed by atoms with van der Waals surface area (Å²) in [5.41, 5.74) is 7.79. The van der Waals surface area contributed by atoms with Crippen LogP contribution in [0.1, 0.15) is 19.4 Å². The molecule has 0 aliphatic rings. The van der Waals surface area contributed by atoms with Crippen LogP contribution in [-0.2, 0) is 9.59 Å². The van der Waals surface area contributed by atoms with Crippen LogP contribution < -0.4 is 21.1 Å². The maximum Gasteiger partial charge on any atom is 0.278 e. The number of nitrogens with two attached hydrogens (primary N) is 1. The smallest absolute Gasteiger partial charge is 0.278 e. The molecule has 1 aromatic heterocycles. The molecule has 1 heterocycles. The first kappa shape index (κ1) is 21.3. The summed E-state index contributed by atoms with van der Waals surface area (Å²) in [4.78, 5) is 36.2. The minimum atomic E-state index is -0.614. The second-order valence-electron chi connectivity index (χ2n) is 5.88. The number of methoxy groups -OCH3 is 1. The third-order valence-electron chi connectivity index (χ3n) is 3.75.